The summed E-state index contributed by atoms with van der Waals surface area (Å²) in [7, 11) is 0. The lowest BCUT2D eigenvalue weighted by atomic mass is 10.2. The van der Waals surface area contributed by atoms with Gasteiger partial charge in [-0.1, -0.05) is 18.5 Å². The summed E-state index contributed by atoms with van der Waals surface area (Å²) < 4.78 is 0. The Morgan fingerprint density at radius 2 is 2.44 bits per heavy atom. The summed E-state index contributed by atoms with van der Waals surface area (Å²) in [6.07, 6.45) is 2.57. The largest absolute Gasteiger partial charge is 0.393 e. The molecule has 0 aliphatic heterocycles. The second-order valence-electron chi connectivity index (χ2n) is 3.41. The molecule has 1 atom stereocenters. The number of anilines is 1. The van der Waals surface area contributed by atoms with Crippen molar-refractivity contribution in [2.24, 2.45) is 0 Å². The Morgan fingerprint density at radius 3 is 3.06 bits per heavy atom. The first-order chi connectivity index (χ1) is 7.69. The molecule has 5 heteroatoms. The minimum absolute atomic E-state index is 0.314. The number of aromatic nitrogens is 1. The van der Waals surface area contributed by atoms with Gasteiger partial charge in [0.15, 0.2) is 0 Å². The Balaban J connectivity index is 2.58. The van der Waals surface area contributed by atoms with Crippen LogP contribution in [0.2, 0.25) is 5.02 Å². The zero-order chi connectivity index (χ0) is 12.0. The van der Waals surface area contributed by atoms with E-state index in [1.165, 1.54) is 6.20 Å². The number of hydrogen-bond donors (Lipinski definition) is 2. The molecule has 0 radical (unpaired) electrons. The van der Waals surface area contributed by atoms with Crippen molar-refractivity contribution in [2.45, 2.75) is 25.9 Å². The molecule has 0 aliphatic carbocycles. The zero-order valence-corrected chi connectivity index (χ0v) is 9.83. The number of aliphatic hydroxyl groups is 1. The molecule has 0 aromatic carbocycles. The monoisotopic (exact) mass is 239 g/mol. The first-order valence-corrected chi connectivity index (χ1v) is 5.53. The van der Waals surface area contributed by atoms with Crippen LogP contribution in [0.1, 0.15) is 25.3 Å². The van der Waals surface area contributed by atoms with Crippen molar-refractivity contribution in [3.63, 3.8) is 0 Å². The first-order valence-electron chi connectivity index (χ1n) is 5.15. The van der Waals surface area contributed by atoms with E-state index in [9.17, 15) is 5.11 Å². The van der Waals surface area contributed by atoms with E-state index >= 15 is 0 Å². The molecule has 1 heterocycles. The average molecular weight is 240 g/mol. The van der Waals surface area contributed by atoms with Crippen molar-refractivity contribution in [1.29, 1.82) is 5.26 Å². The van der Waals surface area contributed by atoms with Gasteiger partial charge in [0.05, 0.1) is 11.7 Å². The normalized spacial score (nSPS) is 11.9. The summed E-state index contributed by atoms with van der Waals surface area (Å²) >= 11 is 5.95. The fourth-order valence-corrected chi connectivity index (χ4v) is 1.44. The maximum atomic E-state index is 9.36. The average Bonchev–Trinajstić information content (AvgIpc) is 2.31. The van der Waals surface area contributed by atoms with Gasteiger partial charge in [-0.3, -0.25) is 0 Å². The number of nitriles is 1. The van der Waals surface area contributed by atoms with Gasteiger partial charge in [0.2, 0.25) is 0 Å². The Hall–Kier alpha value is -1.31. The highest BCUT2D eigenvalue weighted by atomic mass is 35.5. The van der Waals surface area contributed by atoms with Gasteiger partial charge >= 0.3 is 0 Å². The predicted octanol–water partition coefficient (Wildman–Crippen LogP) is 2.18. The van der Waals surface area contributed by atoms with Crippen molar-refractivity contribution >= 4 is 17.4 Å². The van der Waals surface area contributed by atoms with Crippen molar-refractivity contribution < 1.29 is 5.11 Å². The van der Waals surface area contributed by atoms with Gasteiger partial charge in [-0.15, -0.1) is 0 Å². The predicted molar refractivity (Wildman–Crippen MR) is 63.4 cm³/mol. The number of nitrogens with one attached hydrogen (secondary N) is 1. The zero-order valence-electron chi connectivity index (χ0n) is 9.07. The van der Waals surface area contributed by atoms with E-state index in [4.69, 9.17) is 16.9 Å². The minimum atomic E-state index is -0.314. The van der Waals surface area contributed by atoms with Crippen molar-refractivity contribution in [2.75, 3.05) is 11.9 Å². The van der Waals surface area contributed by atoms with Crippen LogP contribution in [-0.2, 0) is 0 Å². The van der Waals surface area contributed by atoms with E-state index in [-0.39, 0.29) is 6.10 Å². The summed E-state index contributed by atoms with van der Waals surface area (Å²) in [5.41, 5.74) is 0.398. The molecule has 0 saturated heterocycles. The SMILES string of the molecule is CCC(O)CCNc1nccc(C#N)c1Cl. The topological polar surface area (TPSA) is 68.9 Å². The van der Waals surface area contributed by atoms with Crippen LogP contribution in [0, 0.1) is 11.3 Å². The lowest BCUT2D eigenvalue weighted by molar-refractivity contribution is 0.164. The number of nitrogens with zero attached hydrogens (tertiary/aromatic N) is 2. The van der Waals surface area contributed by atoms with Crippen LogP contribution in [-0.4, -0.2) is 22.7 Å². The van der Waals surface area contributed by atoms with E-state index in [1.807, 2.05) is 13.0 Å². The van der Waals surface area contributed by atoms with E-state index in [0.29, 0.717) is 29.4 Å². The summed E-state index contributed by atoms with van der Waals surface area (Å²) in [5, 5.41) is 21.5. The highest BCUT2D eigenvalue weighted by Crippen LogP contribution is 2.22. The standard InChI is InChI=1S/C11H14ClN3O/c1-2-9(16)4-6-15-11-10(12)8(7-13)3-5-14-11/h3,5,9,16H,2,4,6H2,1H3,(H,14,15). The third-order valence-corrected chi connectivity index (χ3v) is 2.63. The summed E-state index contributed by atoms with van der Waals surface area (Å²) in [6, 6.07) is 3.55. The smallest absolute Gasteiger partial charge is 0.146 e. The lowest BCUT2D eigenvalue weighted by Gasteiger charge is -2.10. The Morgan fingerprint density at radius 1 is 1.69 bits per heavy atom. The molecule has 16 heavy (non-hydrogen) atoms. The van der Waals surface area contributed by atoms with Gasteiger partial charge in [-0.05, 0) is 18.9 Å². The van der Waals surface area contributed by atoms with Gasteiger partial charge in [0.25, 0.3) is 0 Å². The molecule has 1 rings (SSSR count). The second-order valence-corrected chi connectivity index (χ2v) is 3.79. The summed E-state index contributed by atoms with van der Waals surface area (Å²) in [6.45, 7) is 2.50. The van der Waals surface area contributed by atoms with Crippen LogP contribution in [0.15, 0.2) is 12.3 Å². The Labute approximate surface area is 99.9 Å². The quantitative estimate of drug-likeness (QED) is 0.826. The van der Waals surface area contributed by atoms with Crippen molar-refractivity contribution in [1.82, 2.24) is 4.98 Å². The molecule has 2 N–H and O–H groups in total. The molecule has 1 unspecified atom stereocenters. The fourth-order valence-electron chi connectivity index (χ4n) is 1.21. The van der Waals surface area contributed by atoms with Crippen LogP contribution >= 0.6 is 11.6 Å². The van der Waals surface area contributed by atoms with Crippen molar-refractivity contribution in [3.8, 4) is 6.07 Å². The summed E-state index contributed by atoms with van der Waals surface area (Å²) in [5.74, 6) is 0.490. The molecule has 0 amide bonds. The summed E-state index contributed by atoms with van der Waals surface area (Å²) in [4.78, 5) is 4.03. The molecule has 0 bridgehead atoms. The van der Waals surface area contributed by atoms with Crippen LogP contribution in [0.3, 0.4) is 0 Å². The molecule has 4 nitrogen and oxygen atoms in total. The number of pyridine rings is 1. The molecule has 0 aliphatic rings. The molecule has 0 fully saturated rings. The Kier molecular flexibility index (Phi) is 5.03. The Bertz CT molecular complexity index is 389. The third kappa shape index (κ3) is 3.37. The van der Waals surface area contributed by atoms with Crippen molar-refractivity contribution in [3.05, 3.63) is 22.8 Å². The maximum Gasteiger partial charge on any atom is 0.146 e. The molecule has 0 spiro atoms. The molecule has 1 aromatic rings. The number of aliphatic hydroxyl groups excluding tert-OH is 1. The third-order valence-electron chi connectivity index (χ3n) is 2.25. The fraction of sp³-hybridized carbons (Fsp3) is 0.455. The molecule has 1 aromatic heterocycles. The van der Waals surface area contributed by atoms with E-state index in [2.05, 4.69) is 10.3 Å². The van der Waals surface area contributed by atoms with Crippen LogP contribution in [0.25, 0.3) is 0 Å². The maximum absolute atomic E-state index is 9.36. The number of rotatable bonds is 5. The van der Waals surface area contributed by atoms with Gasteiger partial charge < -0.3 is 10.4 Å². The lowest BCUT2D eigenvalue weighted by Crippen LogP contribution is -2.13. The van der Waals surface area contributed by atoms with Crippen LogP contribution < -0.4 is 5.32 Å². The molecular weight excluding hydrogens is 226 g/mol. The highest BCUT2D eigenvalue weighted by molar-refractivity contribution is 6.34. The molecule has 86 valence electrons. The van der Waals surface area contributed by atoms with E-state index < -0.39 is 0 Å². The number of hydrogen-bond acceptors (Lipinski definition) is 4. The molecule has 0 saturated carbocycles. The van der Waals surface area contributed by atoms with Gasteiger partial charge in [0, 0.05) is 12.7 Å². The minimum Gasteiger partial charge on any atom is -0.393 e. The van der Waals surface area contributed by atoms with Gasteiger partial charge in [0.1, 0.15) is 16.9 Å². The second kappa shape index (κ2) is 6.31. The van der Waals surface area contributed by atoms with E-state index in [1.54, 1.807) is 6.07 Å². The van der Waals surface area contributed by atoms with Gasteiger partial charge in [-0.25, -0.2) is 4.98 Å². The highest BCUT2D eigenvalue weighted by Gasteiger charge is 2.07. The van der Waals surface area contributed by atoms with E-state index in [0.717, 1.165) is 6.42 Å². The van der Waals surface area contributed by atoms with Gasteiger partial charge in [-0.2, -0.15) is 5.26 Å². The van der Waals surface area contributed by atoms with Crippen LogP contribution in [0.5, 0.6) is 0 Å². The van der Waals surface area contributed by atoms with Crippen LogP contribution in [0.4, 0.5) is 5.82 Å². The number of halogens is 1. The first kappa shape index (κ1) is 12.8. The molecular formula is C11H14ClN3O.